The molecule has 0 saturated carbocycles. The zero-order chi connectivity index (χ0) is 14.5. The molecule has 6 heteroatoms. The van der Waals surface area contributed by atoms with E-state index in [1.165, 1.54) is 7.11 Å². The number of benzene rings is 1. The minimum atomic E-state index is -3.33. The number of carbonyl (C=O) groups is 1. The van der Waals surface area contributed by atoms with Gasteiger partial charge in [0, 0.05) is 0 Å². The smallest absolute Gasteiger partial charge is 0.239 e. The predicted molar refractivity (Wildman–Crippen MR) is 75.3 cm³/mol. The summed E-state index contributed by atoms with van der Waals surface area (Å²) in [7, 11) is -1.84. The molecule has 0 bridgehead atoms. The molecule has 1 amide bonds. The van der Waals surface area contributed by atoms with E-state index in [1.807, 2.05) is 13.0 Å². The van der Waals surface area contributed by atoms with Crippen molar-refractivity contribution in [2.45, 2.75) is 20.3 Å². The normalized spacial score (nSPS) is 11.1. The van der Waals surface area contributed by atoms with E-state index < -0.39 is 21.5 Å². The Morgan fingerprint density at radius 2 is 2.05 bits per heavy atom. The fourth-order valence-corrected chi connectivity index (χ4v) is 2.93. The van der Waals surface area contributed by atoms with Gasteiger partial charge in [0.25, 0.3) is 0 Å². The summed E-state index contributed by atoms with van der Waals surface area (Å²) in [5.41, 5.74) is 1.44. The lowest BCUT2D eigenvalue weighted by Gasteiger charge is -2.11. The minimum absolute atomic E-state index is 0.0192. The van der Waals surface area contributed by atoms with E-state index in [-0.39, 0.29) is 5.75 Å². The number of nitrogens with one attached hydrogen (secondary N) is 1. The Hall–Kier alpha value is -1.56. The van der Waals surface area contributed by atoms with E-state index in [9.17, 15) is 13.2 Å². The molecule has 0 heterocycles. The Bertz CT molecular complexity index is 552. The summed E-state index contributed by atoms with van der Waals surface area (Å²) in [5, 5.41) is 2.57. The lowest BCUT2D eigenvalue weighted by molar-refractivity contribution is -0.113. The molecule has 1 N–H and O–H groups in total. The number of anilines is 1. The molecule has 0 radical (unpaired) electrons. The van der Waals surface area contributed by atoms with Crippen LogP contribution in [0.4, 0.5) is 5.69 Å². The van der Waals surface area contributed by atoms with Gasteiger partial charge in [-0.2, -0.15) is 0 Å². The van der Waals surface area contributed by atoms with Gasteiger partial charge in [0.1, 0.15) is 11.5 Å². The summed E-state index contributed by atoms with van der Waals surface area (Å²) >= 11 is 0. The van der Waals surface area contributed by atoms with Crippen LogP contribution in [0.3, 0.4) is 0 Å². The summed E-state index contributed by atoms with van der Waals surface area (Å²) < 4.78 is 28.2. The molecule has 0 spiro atoms. The number of hydrogen-bond acceptors (Lipinski definition) is 4. The Kier molecular flexibility index (Phi) is 5.35. The highest BCUT2D eigenvalue weighted by molar-refractivity contribution is 7.92. The maximum atomic E-state index is 11.7. The number of ether oxygens (including phenoxy) is 1. The first kappa shape index (κ1) is 15.5. The van der Waals surface area contributed by atoms with Crippen molar-refractivity contribution in [2.24, 2.45) is 0 Å². The summed E-state index contributed by atoms with van der Waals surface area (Å²) in [6.45, 7) is 3.64. The van der Waals surface area contributed by atoms with E-state index in [4.69, 9.17) is 4.74 Å². The van der Waals surface area contributed by atoms with Crippen LogP contribution in [0.2, 0.25) is 0 Å². The van der Waals surface area contributed by atoms with E-state index in [0.717, 1.165) is 5.56 Å². The first-order valence-electron chi connectivity index (χ1n) is 6.03. The standard InChI is InChI=1S/C13H19NO4S/c1-4-7-19(16,17)9-13(15)14-11-8-10(2)5-6-12(11)18-3/h5-6,8H,4,7,9H2,1-3H3,(H,14,15). The van der Waals surface area contributed by atoms with Crippen LogP contribution in [-0.4, -0.2) is 32.9 Å². The van der Waals surface area contributed by atoms with Crippen molar-refractivity contribution >= 4 is 21.4 Å². The van der Waals surface area contributed by atoms with Crippen molar-refractivity contribution in [3.05, 3.63) is 23.8 Å². The molecule has 0 aliphatic rings. The summed E-state index contributed by atoms with van der Waals surface area (Å²) in [4.78, 5) is 11.7. The van der Waals surface area contributed by atoms with Gasteiger partial charge in [-0.1, -0.05) is 13.0 Å². The van der Waals surface area contributed by atoms with Crippen LogP contribution >= 0.6 is 0 Å². The molecule has 0 fully saturated rings. The maximum Gasteiger partial charge on any atom is 0.239 e. The van der Waals surface area contributed by atoms with Gasteiger partial charge in [0.2, 0.25) is 5.91 Å². The van der Waals surface area contributed by atoms with Crippen LogP contribution in [-0.2, 0) is 14.6 Å². The second-order valence-corrected chi connectivity index (χ2v) is 6.53. The van der Waals surface area contributed by atoms with Crippen molar-refractivity contribution in [2.75, 3.05) is 23.9 Å². The molecule has 0 aliphatic carbocycles. The van der Waals surface area contributed by atoms with Gasteiger partial charge in [-0.25, -0.2) is 8.42 Å². The number of sulfone groups is 1. The molecule has 0 aromatic heterocycles. The zero-order valence-corrected chi connectivity index (χ0v) is 12.2. The highest BCUT2D eigenvalue weighted by Crippen LogP contribution is 2.25. The highest BCUT2D eigenvalue weighted by atomic mass is 32.2. The third kappa shape index (κ3) is 4.90. The van der Waals surface area contributed by atoms with Crippen molar-refractivity contribution in [3.63, 3.8) is 0 Å². The quantitative estimate of drug-likeness (QED) is 0.864. The van der Waals surface area contributed by atoms with Gasteiger partial charge in [-0.05, 0) is 31.0 Å². The van der Waals surface area contributed by atoms with Gasteiger partial charge in [-0.3, -0.25) is 4.79 Å². The summed E-state index contributed by atoms with van der Waals surface area (Å²) in [6.07, 6.45) is 0.503. The fourth-order valence-electron chi connectivity index (χ4n) is 1.69. The lowest BCUT2D eigenvalue weighted by Crippen LogP contribution is -2.24. The SMILES string of the molecule is CCCS(=O)(=O)CC(=O)Nc1cc(C)ccc1OC. The Morgan fingerprint density at radius 1 is 1.37 bits per heavy atom. The highest BCUT2D eigenvalue weighted by Gasteiger charge is 2.16. The van der Waals surface area contributed by atoms with E-state index in [0.29, 0.717) is 17.9 Å². The second-order valence-electron chi connectivity index (χ2n) is 4.34. The molecule has 1 aromatic carbocycles. The number of amides is 1. The fraction of sp³-hybridized carbons (Fsp3) is 0.462. The van der Waals surface area contributed by atoms with E-state index in [1.54, 1.807) is 19.1 Å². The van der Waals surface area contributed by atoms with Crippen LogP contribution in [0.15, 0.2) is 18.2 Å². The number of hydrogen-bond donors (Lipinski definition) is 1. The molecule has 1 aromatic rings. The van der Waals surface area contributed by atoms with E-state index in [2.05, 4.69) is 5.32 Å². The second kappa shape index (κ2) is 6.56. The molecule has 5 nitrogen and oxygen atoms in total. The summed E-state index contributed by atoms with van der Waals surface area (Å²) in [5.74, 6) is -0.521. The van der Waals surface area contributed by atoms with Crippen molar-refractivity contribution in [3.8, 4) is 5.75 Å². The topological polar surface area (TPSA) is 72.5 Å². The molecule has 0 aliphatic heterocycles. The number of rotatable bonds is 6. The average molecular weight is 285 g/mol. The molecule has 0 unspecified atom stereocenters. The van der Waals surface area contributed by atoms with Gasteiger partial charge >= 0.3 is 0 Å². The average Bonchev–Trinajstić information content (AvgIpc) is 2.28. The van der Waals surface area contributed by atoms with Crippen LogP contribution in [0.25, 0.3) is 0 Å². The minimum Gasteiger partial charge on any atom is -0.495 e. The molecule has 1 rings (SSSR count). The Labute approximate surface area is 113 Å². The van der Waals surface area contributed by atoms with Crippen molar-refractivity contribution in [1.82, 2.24) is 0 Å². The third-order valence-electron chi connectivity index (χ3n) is 2.50. The number of methoxy groups -OCH3 is 1. The molecular weight excluding hydrogens is 266 g/mol. The van der Waals surface area contributed by atoms with Crippen LogP contribution in [0.5, 0.6) is 5.75 Å². The molecule has 19 heavy (non-hydrogen) atoms. The largest absolute Gasteiger partial charge is 0.495 e. The first-order valence-corrected chi connectivity index (χ1v) is 7.85. The molecular formula is C13H19NO4S. The monoisotopic (exact) mass is 285 g/mol. The van der Waals surface area contributed by atoms with Gasteiger partial charge in [-0.15, -0.1) is 0 Å². The van der Waals surface area contributed by atoms with Crippen LogP contribution < -0.4 is 10.1 Å². The first-order chi connectivity index (χ1) is 8.88. The van der Waals surface area contributed by atoms with Crippen LogP contribution in [0.1, 0.15) is 18.9 Å². The molecule has 0 atom stereocenters. The Balaban J connectivity index is 2.80. The number of aryl methyl sites for hydroxylation is 1. The number of carbonyl (C=O) groups excluding carboxylic acids is 1. The van der Waals surface area contributed by atoms with Crippen LogP contribution in [0, 0.1) is 6.92 Å². The Morgan fingerprint density at radius 3 is 2.63 bits per heavy atom. The predicted octanol–water partition coefficient (Wildman–Crippen LogP) is 1.77. The van der Waals surface area contributed by atoms with Gasteiger partial charge in [0.15, 0.2) is 9.84 Å². The van der Waals surface area contributed by atoms with E-state index >= 15 is 0 Å². The summed E-state index contributed by atoms with van der Waals surface area (Å²) in [6, 6.07) is 5.32. The van der Waals surface area contributed by atoms with Gasteiger partial charge < -0.3 is 10.1 Å². The molecule has 0 saturated heterocycles. The third-order valence-corrected chi connectivity index (χ3v) is 4.23. The van der Waals surface area contributed by atoms with Crippen molar-refractivity contribution in [1.29, 1.82) is 0 Å². The lowest BCUT2D eigenvalue weighted by atomic mass is 10.2. The molecule has 106 valence electrons. The van der Waals surface area contributed by atoms with Crippen molar-refractivity contribution < 1.29 is 17.9 Å². The van der Waals surface area contributed by atoms with Gasteiger partial charge in [0.05, 0.1) is 18.6 Å². The maximum absolute atomic E-state index is 11.7. The zero-order valence-electron chi connectivity index (χ0n) is 11.4.